The quantitative estimate of drug-likeness (QED) is 0.444. The molecule has 0 saturated heterocycles. The van der Waals surface area contributed by atoms with Crippen LogP contribution in [0, 0.1) is 6.92 Å². The topological polar surface area (TPSA) is 88.2 Å². The fourth-order valence-corrected chi connectivity index (χ4v) is 5.28. The molecule has 0 aliphatic rings. The number of thioether (sulfide) groups is 1. The Bertz CT molecular complexity index is 1150. The number of rotatable bonds is 9. The van der Waals surface area contributed by atoms with Crippen LogP contribution in [-0.2, 0) is 14.8 Å². The van der Waals surface area contributed by atoms with Gasteiger partial charge in [0.1, 0.15) is 6.04 Å². The molecule has 0 spiro atoms. The highest BCUT2D eigenvalue weighted by molar-refractivity contribution is 7.98. The second kappa shape index (κ2) is 10.6. The van der Waals surface area contributed by atoms with Gasteiger partial charge in [0.15, 0.2) is 0 Å². The van der Waals surface area contributed by atoms with Crippen LogP contribution in [0.1, 0.15) is 11.4 Å². The summed E-state index contributed by atoms with van der Waals surface area (Å²) >= 11 is 8.94. The van der Waals surface area contributed by atoms with Gasteiger partial charge in [0.05, 0.1) is 15.6 Å². The molecule has 3 rings (SSSR count). The van der Waals surface area contributed by atoms with Gasteiger partial charge in [0.2, 0.25) is 15.9 Å². The number of nitrogens with zero attached hydrogens (tertiary/aromatic N) is 1. The molecule has 0 radical (unpaired) electrons. The van der Waals surface area contributed by atoms with Crippen molar-refractivity contribution in [3.05, 3.63) is 63.9 Å². The molecule has 3 aromatic rings. The lowest BCUT2D eigenvalue weighted by molar-refractivity contribution is -0.117. The Labute approximate surface area is 195 Å². The minimum absolute atomic E-state index is 0.0553. The third kappa shape index (κ3) is 6.54. The van der Waals surface area contributed by atoms with E-state index in [2.05, 4.69) is 15.0 Å². The van der Waals surface area contributed by atoms with E-state index in [1.165, 1.54) is 24.3 Å². The lowest BCUT2D eigenvalue weighted by Gasteiger charge is -2.18. The number of carbonyl (C=O) groups is 1. The normalized spacial score (nSPS) is 12.5. The number of hydrogen-bond donors (Lipinski definition) is 2. The van der Waals surface area contributed by atoms with Gasteiger partial charge >= 0.3 is 0 Å². The zero-order chi connectivity index (χ0) is 22.4. The highest BCUT2D eigenvalue weighted by Crippen LogP contribution is 2.24. The number of nitrogens with one attached hydrogen (secondary N) is 2. The summed E-state index contributed by atoms with van der Waals surface area (Å²) in [5.74, 6) is 0.206. The molecule has 0 saturated carbocycles. The van der Waals surface area contributed by atoms with E-state index >= 15 is 0 Å². The first-order valence-electron chi connectivity index (χ1n) is 9.39. The van der Waals surface area contributed by atoms with Crippen LogP contribution in [-0.4, -0.2) is 37.4 Å². The number of anilines is 1. The molecule has 1 heterocycles. The lowest BCUT2D eigenvalue weighted by Crippen LogP contribution is -2.44. The molecular weight excluding hydrogens is 474 g/mol. The van der Waals surface area contributed by atoms with Crippen LogP contribution in [0.5, 0.6) is 0 Å². The third-order valence-electron chi connectivity index (χ3n) is 4.39. The van der Waals surface area contributed by atoms with Gasteiger partial charge in [-0.3, -0.25) is 4.79 Å². The van der Waals surface area contributed by atoms with E-state index in [1.54, 1.807) is 29.2 Å². The van der Waals surface area contributed by atoms with E-state index in [0.29, 0.717) is 22.9 Å². The standard InChI is InChI=1S/C21H22ClN3O3S3/c1-14-23-20(13-30-14)15-4-3-5-17(12-15)24-21(26)19(10-11-29-2)25-31(27,28)18-8-6-16(22)7-9-18/h3-9,12-13,19,25H,10-11H2,1-2H3,(H,24,26). The van der Waals surface area contributed by atoms with Gasteiger partial charge in [-0.2, -0.15) is 16.5 Å². The zero-order valence-electron chi connectivity index (χ0n) is 17.0. The van der Waals surface area contributed by atoms with Crippen molar-refractivity contribution < 1.29 is 13.2 Å². The maximum absolute atomic E-state index is 13.0. The lowest BCUT2D eigenvalue weighted by atomic mass is 10.1. The van der Waals surface area contributed by atoms with Gasteiger partial charge in [-0.05, 0) is 61.8 Å². The van der Waals surface area contributed by atoms with Crippen molar-refractivity contribution in [2.24, 2.45) is 0 Å². The van der Waals surface area contributed by atoms with Crippen molar-refractivity contribution in [2.75, 3.05) is 17.3 Å². The predicted octanol–water partition coefficient (Wildman–Crippen LogP) is 4.81. The summed E-state index contributed by atoms with van der Waals surface area (Å²) in [7, 11) is -3.88. The molecule has 1 aromatic heterocycles. The molecule has 10 heteroatoms. The molecule has 0 bridgehead atoms. The Morgan fingerprint density at radius 3 is 2.61 bits per heavy atom. The average molecular weight is 496 g/mol. The maximum atomic E-state index is 13.0. The smallest absolute Gasteiger partial charge is 0.242 e. The Hall–Kier alpha value is -1.91. The summed E-state index contributed by atoms with van der Waals surface area (Å²) in [4.78, 5) is 17.5. The molecule has 1 amide bonds. The van der Waals surface area contributed by atoms with Gasteiger partial charge in [-0.15, -0.1) is 11.3 Å². The van der Waals surface area contributed by atoms with E-state index in [4.69, 9.17) is 11.6 Å². The predicted molar refractivity (Wildman–Crippen MR) is 129 cm³/mol. The molecule has 0 fully saturated rings. The summed E-state index contributed by atoms with van der Waals surface area (Å²) in [5, 5.41) is 6.18. The Morgan fingerprint density at radius 2 is 1.97 bits per heavy atom. The van der Waals surface area contributed by atoms with Crippen molar-refractivity contribution in [1.29, 1.82) is 0 Å². The summed E-state index contributed by atoms with van der Waals surface area (Å²) < 4.78 is 28.1. The number of aromatic nitrogens is 1. The number of thiazole rings is 1. The van der Waals surface area contributed by atoms with E-state index in [0.717, 1.165) is 16.3 Å². The Kier molecular flexibility index (Phi) is 8.12. The average Bonchev–Trinajstić information content (AvgIpc) is 3.18. The van der Waals surface area contributed by atoms with E-state index in [1.807, 2.05) is 36.8 Å². The number of benzene rings is 2. The molecular formula is C21H22ClN3O3S3. The molecule has 31 heavy (non-hydrogen) atoms. The summed E-state index contributed by atoms with van der Waals surface area (Å²) in [6, 6.07) is 12.2. The SMILES string of the molecule is CSCCC(NS(=O)(=O)c1ccc(Cl)cc1)C(=O)Nc1cccc(-c2csc(C)n2)c1. The van der Waals surface area contributed by atoms with Crippen LogP contribution in [0.25, 0.3) is 11.3 Å². The largest absolute Gasteiger partial charge is 0.325 e. The summed E-state index contributed by atoms with van der Waals surface area (Å²) in [6.07, 6.45) is 2.26. The van der Waals surface area contributed by atoms with Crippen LogP contribution in [0.3, 0.4) is 0 Å². The number of hydrogen-bond acceptors (Lipinski definition) is 6. The molecule has 2 aromatic carbocycles. The second-order valence-corrected chi connectivity index (χ2v) is 10.9. The van der Waals surface area contributed by atoms with Crippen molar-refractivity contribution in [3.63, 3.8) is 0 Å². The van der Waals surface area contributed by atoms with Crippen molar-refractivity contribution in [2.45, 2.75) is 24.3 Å². The van der Waals surface area contributed by atoms with Crippen LogP contribution in [0.2, 0.25) is 5.02 Å². The van der Waals surface area contributed by atoms with E-state index < -0.39 is 22.0 Å². The molecule has 1 atom stereocenters. The number of carbonyl (C=O) groups excluding carboxylic acids is 1. The van der Waals surface area contributed by atoms with Gasteiger partial charge < -0.3 is 5.32 Å². The van der Waals surface area contributed by atoms with E-state index in [-0.39, 0.29) is 4.90 Å². The Balaban J connectivity index is 1.78. The molecule has 2 N–H and O–H groups in total. The van der Waals surface area contributed by atoms with E-state index in [9.17, 15) is 13.2 Å². The summed E-state index contributed by atoms with van der Waals surface area (Å²) in [6.45, 7) is 1.93. The van der Waals surface area contributed by atoms with Crippen LogP contribution in [0.4, 0.5) is 5.69 Å². The molecule has 164 valence electrons. The molecule has 0 aliphatic carbocycles. The molecule has 0 aliphatic heterocycles. The second-order valence-electron chi connectivity index (χ2n) is 6.73. The first-order valence-corrected chi connectivity index (χ1v) is 13.5. The van der Waals surface area contributed by atoms with Crippen LogP contribution < -0.4 is 10.0 Å². The fraction of sp³-hybridized carbons (Fsp3) is 0.238. The minimum Gasteiger partial charge on any atom is -0.325 e. The van der Waals surface area contributed by atoms with Crippen molar-refractivity contribution in [3.8, 4) is 11.3 Å². The van der Waals surface area contributed by atoms with Crippen molar-refractivity contribution in [1.82, 2.24) is 9.71 Å². The number of aryl methyl sites for hydroxylation is 1. The number of amides is 1. The first kappa shape index (κ1) is 23.7. The fourth-order valence-electron chi connectivity index (χ4n) is 2.83. The third-order valence-corrected chi connectivity index (χ3v) is 7.55. The van der Waals surface area contributed by atoms with Crippen LogP contribution in [0.15, 0.2) is 58.8 Å². The first-order chi connectivity index (χ1) is 14.8. The Morgan fingerprint density at radius 1 is 1.23 bits per heavy atom. The van der Waals surface area contributed by atoms with Gasteiger partial charge in [-0.25, -0.2) is 13.4 Å². The van der Waals surface area contributed by atoms with Crippen LogP contribution >= 0.6 is 34.7 Å². The summed E-state index contributed by atoms with van der Waals surface area (Å²) in [5.41, 5.74) is 2.29. The monoisotopic (exact) mass is 495 g/mol. The molecule has 1 unspecified atom stereocenters. The minimum atomic E-state index is -3.88. The highest BCUT2D eigenvalue weighted by Gasteiger charge is 2.25. The van der Waals surface area contributed by atoms with Crippen molar-refractivity contribution >= 4 is 56.3 Å². The highest BCUT2D eigenvalue weighted by atomic mass is 35.5. The van der Waals surface area contributed by atoms with Gasteiger partial charge in [0.25, 0.3) is 0 Å². The van der Waals surface area contributed by atoms with Gasteiger partial charge in [-0.1, -0.05) is 23.7 Å². The molecule has 6 nitrogen and oxygen atoms in total. The number of halogens is 1. The number of sulfonamides is 1. The maximum Gasteiger partial charge on any atom is 0.242 e. The van der Waals surface area contributed by atoms with Gasteiger partial charge in [0, 0.05) is 21.7 Å². The zero-order valence-corrected chi connectivity index (χ0v) is 20.2.